The number of quaternary nitrogens is 1. The molecule has 0 radical (unpaired) electrons. The van der Waals surface area contributed by atoms with Crippen LogP contribution in [0.5, 0.6) is 5.75 Å². The number of rotatable bonds is 10. The lowest BCUT2D eigenvalue weighted by atomic mass is 10.0. The van der Waals surface area contributed by atoms with Crippen molar-refractivity contribution < 1.29 is 53.8 Å². The lowest BCUT2D eigenvalue weighted by molar-refractivity contribution is -0.938. The third-order valence-corrected chi connectivity index (χ3v) is 11.6. The van der Waals surface area contributed by atoms with Crippen LogP contribution in [-0.4, -0.2) is 141 Å². The third kappa shape index (κ3) is 6.47. The number of carbonyl (C=O) groups is 5. The summed E-state index contributed by atoms with van der Waals surface area (Å²) in [6.07, 6.45) is 2.33. The average Bonchev–Trinajstić information content (AvgIpc) is 3.70. The summed E-state index contributed by atoms with van der Waals surface area (Å²) in [6.45, 7) is 4.51. The van der Waals surface area contributed by atoms with E-state index in [9.17, 15) is 49.3 Å². The molecule has 6 rings (SSSR count). The summed E-state index contributed by atoms with van der Waals surface area (Å²) in [5.74, 6) is -5.22. The fraction of sp³-hybridized carbons (Fsp3) is 0.467. The van der Waals surface area contributed by atoms with E-state index in [1.54, 1.807) is 0 Å². The van der Waals surface area contributed by atoms with E-state index in [-0.39, 0.29) is 47.1 Å². The van der Waals surface area contributed by atoms with E-state index in [2.05, 4.69) is 15.5 Å². The number of nitrogen functional groups attached to an aromatic ring is 1. The van der Waals surface area contributed by atoms with Gasteiger partial charge in [0.05, 0.1) is 32.4 Å². The molecule has 2 aromatic heterocycles. The van der Waals surface area contributed by atoms with Crippen LogP contribution in [0.1, 0.15) is 42.9 Å². The van der Waals surface area contributed by atoms with Crippen LogP contribution in [0.15, 0.2) is 38.9 Å². The monoisotopic (exact) mass is 747 g/mol. The number of amides is 3. The van der Waals surface area contributed by atoms with Crippen molar-refractivity contribution in [1.82, 2.24) is 24.8 Å². The van der Waals surface area contributed by atoms with Crippen molar-refractivity contribution in [2.24, 2.45) is 5.16 Å². The van der Waals surface area contributed by atoms with E-state index in [1.165, 1.54) is 35.9 Å². The normalized spacial score (nSPS) is 24.8. The Kier molecular flexibility index (Phi) is 9.23. The molecule has 4 atom stereocenters. The number of oxime groups is 1. The summed E-state index contributed by atoms with van der Waals surface area (Å²) in [5, 5.41) is 46.6. The zero-order chi connectivity index (χ0) is 37.0. The molecule has 0 saturated carbocycles. The van der Waals surface area contributed by atoms with E-state index in [1.807, 2.05) is 0 Å². The van der Waals surface area contributed by atoms with Gasteiger partial charge < -0.3 is 45.8 Å². The number of aromatic nitrogens is 2. The predicted octanol–water partition coefficient (Wildman–Crippen LogP) is -0.712. The van der Waals surface area contributed by atoms with Crippen molar-refractivity contribution in [1.29, 1.82) is 0 Å². The Hall–Kier alpha value is -5.15. The molecule has 19 nitrogen and oxygen atoms in total. The minimum absolute atomic E-state index is 0.00538. The van der Waals surface area contributed by atoms with Crippen molar-refractivity contribution in [3.63, 3.8) is 0 Å². The number of pyridine rings is 1. The van der Waals surface area contributed by atoms with Crippen LogP contribution in [0.2, 0.25) is 0 Å². The van der Waals surface area contributed by atoms with Gasteiger partial charge in [-0.05, 0) is 13.8 Å². The zero-order valence-corrected chi connectivity index (χ0v) is 29.0. The summed E-state index contributed by atoms with van der Waals surface area (Å²) in [6, 6.07) is -0.329. The number of carboxylic acid groups (broad SMARTS) is 2. The highest BCUT2D eigenvalue weighted by Gasteiger charge is 2.56. The van der Waals surface area contributed by atoms with Crippen molar-refractivity contribution in [3.05, 3.63) is 50.5 Å². The second-order valence-corrected chi connectivity index (χ2v) is 15.2. The Morgan fingerprint density at radius 3 is 2.63 bits per heavy atom. The van der Waals surface area contributed by atoms with Gasteiger partial charge in [-0.25, -0.2) is 14.6 Å². The molecule has 0 spiro atoms. The first-order valence-corrected chi connectivity index (χ1v) is 17.7. The molecule has 272 valence electrons. The molecule has 0 aromatic carbocycles. The molecular weight excluding hydrogens is 713 g/mol. The van der Waals surface area contributed by atoms with Crippen LogP contribution in [0.3, 0.4) is 0 Å². The van der Waals surface area contributed by atoms with Gasteiger partial charge in [0.1, 0.15) is 41.1 Å². The van der Waals surface area contributed by atoms with E-state index < -0.39 is 63.6 Å². The predicted molar refractivity (Wildman–Crippen MR) is 179 cm³/mol. The third-order valence-electron chi connectivity index (χ3n) is 9.58. The maximum absolute atomic E-state index is 13.5. The number of aromatic hydroxyl groups is 1. The highest BCUT2D eigenvalue weighted by atomic mass is 32.2. The van der Waals surface area contributed by atoms with Gasteiger partial charge in [0.2, 0.25) is 11.0 Å². The molecular formula is C30H35N8O11S2+. The molecule has 1 unspecified atom stereocenters. The van der Waals surface area contributed by atoms with Crippen LogP contribution >= 0.6 is 23.1 Å². The summed E-state index contributed by atoms with van der Waals surface area (Å²) in [5.41, 5.74) is 2.79. The maximum atomic E-state index is 13.5. The van der Waals surface area contributed by atoms with E-state index >= 15 is 0 Å². The van der Waals surface area contributed by atoms with Crippen LogP contribution in [0.4, 0.5) is 5.13 Å². The molecule has 0 bridgehead atoms. The number of nitrogens with zero attached hydrogens (tertiary/aromatic N) is 6. The Morgan fingerprint density at radius 1 is 1.22 bits per heavy atom. The molecule has 3 amide bonds. The van der Waals surface area contributed by atoms with E-state index in [0.717, 1.165) is 47.9 Å². The number of piperazine rings is 1. The van der Waals surface area contributed by atoms with Crippen molar-refractivity contribution in [2.45, 2.75) is 49.7 Å². The van der Waals surface area contributed by atoms with Gasteiger partial charge in [-0.1, -0.05) is 5.16 Å². The van der Waals surface area contributed by atoms with Crippen LogP contribution in [0, 0.1) is 0 Å². The molecule has 3 fully saturated rings. The quantitative estimate of drug-likeness (QED) is 0.0577. The Morgan fingerprint density at radius 2 is 1.96 bits per heavy atom. The number of nitrogens with two attached hydrogens (primary N) is 1. The minimum Gasteiger partial charge on any atom is -0.503 e. The van der Waals surface area contributed by atoms with Crippen molar-refractivity contribution >= 4 is 63.6 Å². The molecule has 0 aliphatic carbocycles. The molecule has 2 aromatic rings. The number of fused-ring (bicyclic) bond motifs is 2. The summed E-state index contributed by atoms with van der Waals surface area (Å²) >= 11 is 2.29. The highest BCUT2D eigenvalue weighted by molar-refractivity contribution is 8.00. The second-order valence-electron chi connectivity index (χ2n) is 13.2. The number of β-lactam (4-membered cyclic amide) rings is 1. The molecule has 51 heavy (non-hydrogen) atoms. The molecule has 3 saturated heterocycles. The summed E-state index contributed by atoms with van der Waals surface area (Å²) in [7, 11) is 0. The molecule has 4 aliphatic heterocycles. The topological polar surface area (TPSA) is 267 Å². The van der Waals surface area contributed by atoms with E-state index in [4.69, 9.17) is 10.6 Å². The number of hydrogen-bond acceptors (Lipinski definition) is 14. The van der Waals surface area contributed by atoms with Crippen molar-refractivity contribution in [2.75, 3.05) is 44.2 Å². The van der Waals surface area contributed by atoms with Crippen molar-refractivity contribution in [3.8, 4) is 5.75 Å². The smallest absolute Gasteiger partial charge is 0.352 e. The Balaban J connectivity index is 1.18. The van der Waals surface area contributed by atoms with Gasteiger partial charge in [-0.2, -0.15) is 4.73 Å². The largest absolute Gasteiger partial charge is 0.503 e. The maximum Gasteiger partial charge on any atom is 0.352 e. The molecule has 4 aliphatic rings. The van der Waals surface area contributed by atoms with Gasteiger partial charge in [-0.15, -0.1) is 23.1 Å². The lowest BCUT2D eigenvalue weighted by Crippen LogP contribution is -2.71. The molecule has 7 N–H and O–H groups in total. The first-order valence-electron chi connectivity index (χ1n) is 15.7. The van der Waals surface area contributed by atoms with Crippen LogP contribution in [0.25, 0.3) is 0 Å². The number of carbonyl (C=O) groups excluding carboxylic acids is 3. The SMILES string of the molecule is CC(C)(O/N=C(\C(=O)N[C@@H]1C(=O)N2C(C(=O)O)=C(C[N+]34CCC[C@H]3CN(C(=O)c3cc(=O)c(O)cn3O)CC4)CS[C@H]12)c1csc(N)n1)C(=O)O. The Labute approximate surface area is 297 Å². The zero-order valence-electron chi connectivity index (χ0n) is 27.3. The molecule has 6 heterocycles. The number of hydrogen-bond donors (Lipinski definition) is 6. The van der Waals surface area contributed by atoms with Gasteiger partial charge in [0.25, 0.3) is 17.7 Å². The standard InChI is InChI=1S/C30H34N8O11S2/c1-30(2,28(46)47)49-34-20(16-13-51-29(31)32-16)23(41)33-21-25(43)37-22(27(44)45)14(12-50-26(21)37)11-38-6-3-4-15(38)9-35(5-7-38)24(42)17-8-18(39)19(40)10-36(17)48/h8,10,13,15,21,26,48H,3-7,9,11-12H2,1-2H3,(H5-,31,32,33,40,41,44,45,46,47)/p+1/b34-20-/t15-,21+,26+,38?/m0/s1. The highest BCUT2D eigenvalue weighted by Crippen LogP contribution is 2.42. The van der Waals surface area contributed by atoms with E-state index in [0.29, 0.717) is 27.9 Å². The van der Waals surface area contributed by atoms with Gasteiger partial charge >= 0.3 is 11.9 Å². The van der Waals surface area contributed by atoms with Gasteiger partial charge in [0, 0.05) is 35.6 Å². The number of thioether (sulfide) groups is 1. The molecule has 21 heteroatoms. The summed E-state index contributed by atoms with van der Waals surface area (Å²) < 4.78 is 0.911. The van der Waals surface area contributed by atoms with Crippen LogP contribution < -0.4 is 16.5 Å². The summed E-state index contributed by atoms with van der Waals surface area (Å²) in [4.78, 5) is 88.2. The average molecular weight is 748 g/mol. The Bertz CT molecular complexity index is 1960. The fourth-order valence-corrected chi connectivity index (χ4v) is 8.71. The van der Waals surface area contributed by atoms with Crippen LogP contribution in [-0.2, 0) is 24.0 Å². The second kappa shape index (κ2) is 13.2. The number of nitrogens with one attached hydrogen (secondary N) is 1. The number of aliphatic carboxylic acids is 2. The fourth-order valence-electron chi connectivity index (χ4n) is 6.82. The number of thiazole rings is 1. The first kappa shape index (κ1) is 35.7. The van der Waals surface area contributed by atoms with Gasteiger partial charge in [0.15, 0.2) is 16.6 Å². The number of carboxylic acids is 2. The lowest BCUT2D eigenvalue weighted by Gasteiger charge is -2.51. The number of anilines is 1. The minimum atomic E-state index is -1.80. The van der Waals surface area contributed by atoms with Gasteiger partial charge in [-0.3, -0.25) is 24.1 Å². The first-order chi connectivity index (χ1) is 24.0.